The van der Waals surface area contributed by atoms with E-state index in [1.807, 2.05) is 30.3 Å². The van der Waals surface area contributed by atoms with Crippen molar-refractivity contribution in [3.8, 4) is 17.6 Å². The summed E-state index contributed by atoms with van der Waals surface area (Å²) in [6.07, 6.45) is 3.48. The van der Waals surface area contributed by atoms with Gasteiger partial charge in [0.1, 0.15) is 17.6 Å². The molecule has 0 heterocycles. The van der Waals surface area contributed by atoms with Crippen molar-refractivity contribution in [3.63, 3.8) is 0 Å². The predicted octanol–water partition coefficient (Wildman–Crippen LogP) is 5.55. The van der Waals surface area contributed by atoms with E-state index < -0.39 is 0 Å². The minimum Gasteiger partial charge on any atom is -0.508 e. The Morgan fingerprint density at radius 1 is 1.00 bits per heavy atom. The lowest BCUT2D eigenvalue weighted by Gasteiger charge is -2.29. The van der Waals surface area contributed by atoms with Gasteiger partial charge in [-0.2, -0.15) is 5.26 Å². The van der Waals surface area contributed by atoms with E-state index >= 15 is 0 Å². The van der Waals surface area contributed by atoms with E-state index in [1.54, 1.807) is 12.1 Å². The van der Waals surface area contributed by atoms with Crippen LogP contribution < -0.4 is 4.74 Å². The van der Waals surface area contributed by atoms with Crippen LogP contribution in [0.3, 0.4) is 0 Å². The Balaban J connectivity index is 2.03. The van der Waals surface area contributed by atoms with Crippen LogP contribution in [0.25, 0.3) is 5.57 Å². The fourth-order valence-corrected chi connectivity index (χ4v) is 4.02. The molecule has 2 unspecified atom stereocenters. The summed E-state index contributed by atoms with van der Waals surface area (Å²) >= 11 is 0. The molecule has 0 spiro atoms. The first-order valence-electron chi connectivity index (χ1n) is 9.18. The van der Waals surface area contributed by atoms with Crippen molar-refractivity contribution in [2.24, 2.45) is 11.8 Å². The van der Waals surface area contributed by atoms with Crippen LogP contribution in [0.2, 0.25) is 0 Å². The average molecular weight is 347 g/mol. The van der Waals surface area contributed by atoms with Gasteiger partial charge in [0.05, 0.1) is 0 Å². The number of ether oxygens (including phenoxy) is 1. The quantitative estimate of drug-likeness (QED) is 0.788. The van der Waals surface area contributed by atoms with E-state index in [-0.39, 0.29) is 12.4 Å². The largest absolute Gasteiger partial charge is 0.508 e. The predicted molar refractivity (Wildman–Crippen MR) is 104 cm³/mol. The van der Waals surface area contributed by atoms with Crippen molar-refractivity contribution in [1.29, 1.82) is 5.26 Å². The smallest absolute Gasteiger partial charge is 0.174 e. The summed E-state index contributed by atoms with van der Waals surface area (Å²) in [6, 6.07) is 17.4. The topological polar surface area (TPSA) is 53.2 Å². The van der Waals surface area contributed by atoms with Crippen LogP contribution in [-0.2, 0) is 0 Å². The number of hydrogen-bond donors (Lipinski definition) is 1. The maximum atomic E-state index is 9.66. The number of aromatic hydroxyl groups is 1. The van der Waals surface area contributed by atoms with Gasteiger partial charge in [-0.05, 0) is 72.1 Å². The van der Waals surface area contributed by atoms with Crippen LogP contribution in [-0.4, -0.2) is 11.7 Å². The zero-order valence-corrected chi connectivity index (χ0v) is 15.4. The number of nitrogens with zero attached hydrogens (tertiary/aromatic N) is 1. The van der Waals surface area contributed by atoms with Gasteiger partial charge in [-0.3, -0.25) is 0 Å². The second-order valence-electron chi connectivity index (χ2n) is 7.35. The maximum absolute atomic E-state index is 9.66. The fourth-order valence-electron chi connectivity index (χ4n) is 4.02. The number of benzene rings is 2. The molecule has 1 aliphatic rings. The maximum Gasteiger partial charge on any atom is 0.174 e. The Hall–Kier alpha value is -2.73. The molecule has 0 aliphatic heterocycles. The fraction of sp³-hybridized carbons (Fsp3) is 0.348. The van der Waals surface area contributed by atoms with Gasteiger partial charge in [0.2, 0.25) is 0 Å². The third-order valence-corrected chi connectivity index (χ3v) is 4.95. The normalized spacial score (nSPS) is 19.7. The first-order chi connectivity index (χ1) is 12.6. The Morgan fingerprint density at radius 2 is 1.54 bits per heavy atom. The molecule has 3 rings (SSSR count). The van der Waals surface area contributed by atoms with Gasteiger partial charge in [-0.15, -0.1) is 0 Å². The number of rotatable bonds is 4. The van der Waals surface area contributed by atoms with Crippen LogP contribution in [0.5, 0.6) is 11.5 Å². The molecule has 0 saturated heterocycles. The Kier molecular flexibility index (Phi) is 5.63. The van der Waals surface area contributed by atoms with E-state index in [0.29, 0.717) is 17.6 Å². The van der Waals surface area contributed by atoms with Gasteiger partial charge < -0.3 is 9.84 Å². The summed E-state index contributed by atoms with van der Waals surface area (Å²) in [6.45, 7) is 4.70. The summed E-state index contributed by atoms with van der Waals surface area (Å²) in [7, 11) is 0. The zero-order chi connectivity index (χ0) is 18.5. The van der Waals surface area contributed by atoms with Crippen LogP contribution in [0.1, 0.15) is 44.2 Å². The van der Waals surface area contributed by atoms with Gasteiger partial charge in [0, 0.05) is 0 Å². The van der Waals surface area contributed by atoms with Crippen molar-refractivity contribution >= 4 is 5.57 Å². The molecule has 0 bridgehead atoms. The highest BCUT2D eigenvalue weighted by molar-refractivity contribution is 5.82. The summed E-state index contributed by atoms with van der Waals surface area (Å²) < 4.78 is 5.38. The molecule has 26 heavy (non-hydrogen) atoms. The minimum atomic E-state index is 0.0558. The van der Waals surface area contributed by atoms with Crippen molar-refractivity contribution < 1.29 is 9.84 Å². The van der Waals surface area contributed by atoms with Gasteiger partial charge in [-0.25, -0.2) is 0 Å². The highest BCUT2D eigenvalue weighted by Gasteiger charge is 2.23. The molecule has 1 N–H and O–H groups in total. The SMILES string of the molecule is CC1CC(=C(c2ccc(O)cc2)c2ccc(OCC#N)cc2)CC(C)C1. The molecule has 3 heteroatoms. The van der Waals surface area contributed by atoms with E-state index in [4.69, 9.17) is 10.00 Å². The highest BCUT2D eigenvalue weighted by atomic mass is 16.5. The highest BCUT2D eigenvalue weighted by Crippen LogP contribution is 2.40. The second kappa shape index (κ2) is 8.10. The monoisotopic (exact) mass is 347 g/mol. The van der Waals surface area contributed by atoms with Gasteiger partial charge in [0.25, 0.3) is 0 Å². The number of hydrogen-bond acceptors (Lipinski definition) is 3. The molecule has 0 aromatic heterocycles. The molecule has 2 aromatic carbocycles. The summed E-state index contributed by atoms with van der Waals surface area (Å²) in [5, 5.41) is 18.3. The van der Waals surface area contributed by atoms with E-state index in [2.05, 4.69) is 26.0 Å². The van der Waals surface area contributed by atoms with Gasteiger partial charge in [0.15, 0.2) is 6.61 Å². The Bertz CT molecular complexity index is 801. The van der Waals surface area contributed by atoms with Crippen molar-refractivity contribution in [1.82, 2.24) is 0 Å². The minimum absolute atomic E-state index is 0.0558. The molecule has 134 valence electrons. The van der Waals surface area contributed by atoms with Crippen molar-refractivity contribution in [2.45, 2.75) is 33.1 Å². The molecule has 1 aliphatic carbocycles. The second-order valence-corrected chi connectivity index (χ2v) is 7.35. The molecule has 0 amide bonds. The molecular weight excluding hydrogens is 322 g/mol. The summed E-state index contributed by atoms with van der Waals surface area (Å²) in [5.41, 5.74) is 5.02. The first kappa shape index (κ1) is 18.1. The van der Waals surface area contributed by atoms with E-state index in [9.17, 15) is 5.11 Å². The first-order valence-corrected chi connectivity index (χ1v) is 9.18. The molecule has 3 nitrogen and oxygen atoms in total. The molecule has 1 fully saturated rings. The van der Waals surface area contributed by atoms with Crippen molar-refractivity contribution in [2.75, 3.05) is 6.61 Å². The standard InChI is InChI=1S/C23H25NO2/c1-16-13-17(2)15-20(14-16)23(18-3-7-21(25)8-4-18)19-5-9-22(10-6-19)26-12-11-24/h3-10,16-17,25H,12-15H2,1-2H3. The third-order valence-electron chi connectivity index (χ3n) is 4.95. The van der Waals surface area contributed by atoms with Crippen LogP contribution >= 0.6 is 0 Å². The van der Waals surface area contributed by atoms with Crippen molar-refractivity contribution in [3.05, 3.63) is 65.2 Å². The number of allylic oxidation sites excluding steroid dienone is 1. The molecule has 2 atom stereocenters. The molecule has 2 aromatic rings. The van der Waals surface area contributed by atoms with E-state index in [1.165, 1.54) is 17.6 Å². The summed E-state index contributed by atoms with van der Waals surface area (Å²) in [4.78, 5) is 0. The average Bonchev–Trinajstić information content (AvgIpc) is 2.62. The Labute approximate surface area is 155 Å². The molecule has 0 radical (unpaired) electrons. The zero-order valence-electron chi connectivity index (χ0n) is 15.4. The third kappa shape index (κ3) is 4.26. The van der Waals surface area contributed by atoms with Crippen LogP contribution in [0, 0.1) is 23.2 Å². The number of nitriles is 1. The van der Waals surface area contributed by atoms with Gasteiger partial charge >= 0.3 is 0 Å². The number of phenolic OH excluding ortho intramolecular Hbond substituents is 1. The lowest BCUT2D eigenvalue weighted by Crippen LogP contribution is -2.14. The van der Waals surface area contributed by atoms with Crippen LogP contribution in [0.15, 0.2) is 54.1 Å². The lowest BCUT2D eigenvalue weighted by atomic mass is 9.76. The lowest BCUT2D eigenvalue weighted by molar-refractivity contribution is 0.359. The molecular formula is C23H25NO2. The van der Waals surface area contributed by atoms with Gasteiger partial charge in [-0.1, -0.05) is 43.7 Å². The van der Waals surface area contributed by atoms with Crippen LogP contribution in [0.4, 0.5) is 0 Å². The molecule has 1 saturated carbocycles. The summed E-state index contributed by atoms with van der Waals surface area (Å²) in [5.74, 6) is 2.35. The van der Waals surface area contributed by atoms with E-state index in [0.717, 1.165) is 24.0 Å². The number of phenols is 1. The Morgan fingerprint density at radius 3 is 2.08 bits per heavy atom.